The Bertz CT molecular complexity index is 1580. The van der Waals surface area contributed by atoms with Crippen LogP contribution in [0.2, 0.25) is 0 Å². The summed E-state index contributed by atoms with van der Waals surface area (Å²) in [6.07, 6.45) is 0. The molecule has 7 nitrogen and oxygen atoms in total. The van der Waals surface area contributed by atoms with Gasteiger partial charge in [-0.25, -0.2) is 4.98 Å². The number of nitrogens with one attached hydrogen (secondary N) is 2. The van der Waals surface area contributed by atoms with Crippen LogP contribution in [0.5, 0.6) is 0 Å². The number of aromatic nitrogens is 3. The van der Waals surface area contributed by atoms with E-state index in [0.717, 1.165) is 0 Å². The van der Waals surface area contributed by atoms with Crippen LogP contribution in [0.15, 0.2) is 113 Å². The SMILES string of the molecule is O=C(c1ccccc1)c1ccc(-c2cccc(-c3ccc(C(=O)c4ccccc4)c(=O)[nH]3)n2)[nH]c1=O. The Labute approximate surface area is 205 Å². The minimum atomic E-state index is -0.522. The molecule has 0 aliphatic heterocycles. The zero-order valence-corrected chi connectivity index (χ0v) is 18.9. The third-order valence-corrected chi connectivity index (χ3v) is 5.68. The smallest absolute Gasteiger partial charge is 0.259 e. The predicted molar refractivity (Wildman–Crippen MR) is 136 cm³/mol. The Kier molecular flexibility index (Phi) is 6.03. The van der Waals surface area contributed by atoms with E-state index in [4.69, 9.17) is 0 Å². The van der Waals surface area contributed by atoms with Crippen LogP contribution < -0.4 is 11.1 Å². The maximum Gasteiger partial charge on any atom is 0.259 e. The number of hydrogen-bond donors (Lipinski definition) is 2. The number of ketones is 2. The number of rotatable bonds is 6. The number of carbonyl (C=O) groups is 2. The second-order valence-corrected chi connectivity index (χ2v) is 8.03. The van der Waals surface area contributed by atoms with E-state index in [1.165, 1.54) is 12.1 Å². The van der Waals surface area contributed by atoms with Gasteiger partial charge in [0, 0.05) is 11.1 Å². The molecule has 3 heterocycles. The molecule has 7 heteroatoms. The zero-order valence-electron chi connectivity index (χ0n) is 18.9. The second kappa shape index (κ2) is 9.60. The first-order valence-electron chi connectivity index (χ1n) is 11.2. The van der Waals surface area contributed by atoms with Crippen LogP contribution in [0.3, 0.4) is 0 Å². The third-order valence-electron chi connectivity index (χ3n) is 5.68. The van der Waals surface area contributed by atoms with Gasteiger partial charge < -0.3 is 9.97 Å². The van der Waals surface area contributed by atoms with Gasteiger partial charge in [-0.05, 0) is 36.4 Å². The van der Waals surface area contributed by atoms with Crippen LogP contribution in [-0.2, 0) is 0 Å². The monoisotopic (exact) mass is 473 g/mol. The van der Waals surface area contributed by atoms with Gasteiger partial charge >= 0.3 is 0 Å². The molecule has 5 aromatic rings. The van der Waals surface area contributed by atoms with Crippen molar-refractivity contribution in [1.29, 1.82) is 0 Å². The summed E-state index contributed by atoms with van der Waals surface area (Å²) in [5.74, 6) is -0.736. The summed E-state index contributed by atoms with van der Waals surface area (Å²) in [7, 11) is 0. The Hall–Kier alpha value is -5.17. The van der Waals surface area contributed by atoms with E-state index in [9.17, 15) is 19.2 Å². The molecular weight excluding hydrogens is 454 g/mol. The summed E-state index contributed by atoms with van der Waals surface area (Å²) >= 11 is 0. The minimum Gasteiger partial charge on any atom is -0.320 e. The van der Waals surface area contributed by atoms with E-state index in [1.807, 2.05) is 0 Å². The van der Waals surface area contributed by atoms with E-state index in [-0.39, 0.29) is 22.7 Å². The number of benzene rings is 2. The Morgan fingerprint density at radius 2 is 0.917 bits per heavy atom. The van der Waals surface area contributed by atoms with Gasteiger partial charge in [-0.1, -0.05) is 66.7 Å². The molecule has 36 heavy (non-hydrogen) atoms. The Balaban J connectivity index is 1.44. The summed E-state index contributed by atoms with van der Waals surface area (Å²) < 4.78 is 0. The fourth-order valence-electron chi connectivity index (χ4n) is 3.83. The molecule has 0 unspecified atom stereocenters. The highest BCUT2D eigenvalue weighted by Crippen LogP contribution is 2.20. The third kappa shape index (κ3) is 4.45. The van der Waals surface area contributed by atoms with E-state index < -0.39 is 11.1 Å². The van der Waals surface area contributed by atoms with E-state index >= 15 is 0 Å². The molecule has 5 rings (SSSR count). The molecule has 0 atom stereocenters. The summed E-state index contributed by atoms with van der Waals surface area (Å²) in [6, 6.07) is 28.5. The maximum atomic E-state index is 12.7. The highest BCUT2D eigenvalue weighted by atomic mass is 16.2. The first-order valence-corrected chi connectivity index (χ1v) is 11.2. The Morgan fingerprint density at radius 3 is 1.31 bits per heavy atom. The number of carbonyl (C=O) groups excluding carboxylic acids is 2. The molecule has 2 aromatic carbocycles. The van der Waals surface area contributed by atoms with Crippen molar-refractivity contribution in [2.45, 2.75) is 0 Å². The topological polar surface area (TPSA) is 113 Å². The molecule has 174 valence electrons. The molecule has 0 fully saturated rings. The first-order chi connectivity index (χ1) is 17.5. The van der Waals surface area contributed by atoms with E-state index in [2.05, 4.69) is 15.0 Å². The highest BCUT2D eigenvalue weighted by molar-refractivity contribution is 6.09. The molecule has 0 radical (unpaired) electrons. The van der Waals surface area contributed by atoms with E-state index in [1.54, 1.807) is 91.0 Å². The molecule has 0 saturated carbocycles. The lowest BCUT2D eigenvalue weighted by molar-refractivity contribution is 0.102. The van der Waals surface area contributed by atoms with Crippen molar-refractivity contribution in [2.75, 3.05) is 0 Å². The van der Waals surface area contributed by atoms with Crippen molar-refractivity contribution >= 4 is 11.6 Å². The van der Waals surface area contributed by atoms with Gasteiger partial charge in [-0.2, -0.15) is 0 Å². The molecule has 0 bridgehead atoms. The van der Waals surface area contributed by atoms with Gasteiger partial charge in [-0.15, -0.1) is 0 Å². The first kappa shape index (κ1) is 22.6. The summed E-state index contributed by atoms with van der Waals surface area (Å²) in [6.45, 7) is 0. The fraction of sp³-hybridized carbons (Fsp3) is 0. The van der Waals surface area contributed by atoms with Gasteiger partial charge in [0.2, 0.25) is 0 Å². The van der Waals surface area contributed by atoms with Gasteiger partial charge in [-0.3, -0.25) is 19.2 Å². The van der Waals surface area contributed by atoms with Crippen LogP contribution in [0.4, 0.5) is 0 Å². The number of H-pyrrole nitrogens is 2. The maximum absolute atomic E-state index is 12.7. The largest absolute Gasteiger partial charge is 0.320 e. The van der Waals surface area contributed by atoms with Crippen LogP contribution in [-0.4, -0.2) is 26.5 Å². The van der Waals surface area contributed by atoms with Crippen molar-refractivity contribution in [3.8, 4) is 22.8 Å². The quantitative estimate of drug-likeness (QED) is 0.358. The van der Waals surface area contributed by atoms with Gasteiger partial charge in [0.15, 0.2) is 11.6 Å². The van der Waals surface area contributed by atoms with Crippen LogP contribution in [0.1, 0.15) is 31.8 Å². The van der Waals surface area contributed by atoms with Gasteiger partial charge in [0.1, 0.15) is 0 Å². The van der Waals surface area contributed by atoms with Crippen LogP contribution in [0, 0.1) is 0 Å². The summed E-state index contributed by atoms with van der Waals surface area (Å²) in [5, 5.41) is 0. The number of hydrogen-bond acceptors (Lipinski definition) is 5. The standard InChI is InChI=1S/C29H19N3O4/c33-26(18-8-3-1-4-9-18)20-14-16-24(31-28(20)35)22-12-7-13-23(30-22)25-17-15-21(29(36)32-25)27(34)19-10-5-2-6-11-19/h1-17H,(H,31,35)(H,32,36). The van der Waals surface area contributed by atoms with Crippen molar-refractivity contribution in [1.82, 2.24) is 15.0 Å². The molecule has 0 saturated heterocycles. The van der Waals surface area contributed by atoms with Gasteiger partial charge in [0.25, 0.3) is 11.1 Å². The molecule has 2 N–H and O–H groups in total. The summed E-state index contributed by atoms with van der Waals surface area (Å²) in [5.41, 5.74) is 1.62. The lowest BCUT2D eigenvalue weighted by Crippen LogP contribution is -2.19. The molecule has 0 aliphatic carbocycles. The van der Waals surface area contributed by atoms with E-state index in [0.29, 0.717) is 33.9 Å². The normalized spacial score (nSPS) is 10.7. The lowest BCUT2D eigenvalue weighted by atomic mass is 10.0. The van der Waals surface area contributed by atoms with Crippen molar-refractivity contribution < 1.29 is 9.59 Å². The van der Waals surface area contributed by atoms with Crippen molar-refractivity contribution in [3.05, 3.63) is 146 Å². The second-order valence-electron chi connectivity index (χ2n) is 8.03. The lowest BCUT2D eigenvalue weighted by Gasteiger charge is -2.07. The average molecular weight is 473 g/mol. The fourth-order valence-corrected chi connectivity index (χ4v) is 3.83. The zero-order chi connectivity index (χ0) is 25.1. The van der Waals surface area contributed by atoms with Gasteiger partial charge in [0.05, 0.1) is 33.9 Å². The van der Waals surface area contributed by atoms with Crippen LogP contribution in [0.25, 0.3) is 22.8 Å². The predicted octanol–water partition coefficient (Wildman–Crippen LogP) is 4.25. The number of nitrogens with zero attached hydrogens (tertiary/aromatic N) is 1. The number of pyridine rings is 3. The van der Waals surface area contributed by atoms with Crippen molar-refractivity contribution in [3.63, 3.8) is 0 Å². The minimum absolute atomic E-state index is 0.0316. The number of aromatic amines is 2. The van der Waals surface area contributed by atoms with Crippen molar-refractivity contribution in [2.24, 2.45) is 0 Å². The molecule has 0 aliphatic rings. The molecule has 0 amide bonds. The summed E-state index contributed by atoms with van der Waals surface area (Å²) in [4.78, 5) is 60.6. The molecular formula is C29H19N3O4. The van der Waals surface area contributed by atoms with Crippen LogP contribution >= 0.6 is 0 Å². The molecule has 0 spiro atoms. The highest BCUT2D eigenvalue weighted by Gasteiger charge is 2.16. The Morgan fingerprint density at radius 1 is 0.500 bits per heavy atom. The molecule has 3 aromatic heterocycles. The average Bonchev–Trinajstić information content (AvgIpc) is 2.93.